The van der Waals surface area contributed by atoms with E-state index < -0.39 is 41.9 Å². The number of nitrogens with two attached hydrogens (primary N) is 1. The summed E-state index contributed by atoms with van der Waals surface area (Å²) in [6.07, 6.45) is -5.42. The highest BCUT2D eigenvalue weighted by Crippen LogP contribution is 2.34. The fourth-order valence-electron chi connectivity index (χ4n) is 3.21. The van der Waals surface area contributed by atoms with Crippen molar-refractivity contribution in [2.45, 2.75) is 44.1 Å². The van der Waals surface area contributed by atoms with Gasteiger partial charge in [-0.05, 0) is 38.1 Å². The van der Waals surface area contributed by atoms with Crippen LogP contribution in [-0.4, -0.2) is 48.5 Å². The number of aliphatic hydroxyl groups excluding tert-OH is 1. The van der Waals surface area contributed by atoms with Crippen LogP contribution in [0.15, 0.2) is 39.5 Å². The van der Waals surface area contributed by atoms with Crippen LogP contribution in [0.25, 0.3) is 11.0 Å². The molecule has 0 saturated carbocycles. The van der Waals surface area contributed by atoms with E-state index in [0.717, 1.165) is 0 Å². The molecule has 1 fully saturated rings. The monoisotopic (exact) mass is 379 g/mol. The molecular weight excluding hydrogens is 358 g/mol. The molecular formula is C18H21NO8. The van der Waals surface area contributed by atoms with Crippen molar-refractivity contribution in [2.24, 2.45) is 5.73 Å². The van der Waals surface area contributed by atoms with Gasteiger partial charge in [0.25, 0.3) is 0 Å². The zero-order valence-electron chi connectivity index (χ0n) is 15.1. The molecule has 2 heterocycles. The van der Waals surface area contributed by atoms with Gasteiger partial charge in [0.2, 0.25) is 6.29 Å². The molecule has 1 aliphatic rings. The third-order valence-corrected chi connectivity index (χ3v) is 4.37. The molecule has 146 valence electrons. The van der Waals surface area contributed by atoms with Crippen LogP contribution >= 0.6 is 0 Å². The van der Waals surface area contributed by atoms with E-state index in [9.17, 15) is 14.7 Å². The van der Waals surface area contributed by atoms with Crippen LogP contribution in [0.3, 0.4) is 0 Å². The molecule has 2 unspecified atom stereocenters. The molecule has 1 saturated heterocycles. The van der Waals surface area contributed by atoms with Gasteiger partial charge in [0, 0.05) is 18.6 Å². The molecule has 9 heteroatoms. The van der Waals surface area contributed by atoms with Crippen molar-refractivity contribution in [2.75, 3.05) is 7.11 Å². The predicted octanol–water partition coefficient (Wildman–Crippen LogP) is 1.15. The van der Waals surface area contributed by atoms with Crippen LogP contribution in [0.4, 0.5) is 4.79 Å². The van der Waals surface area contributed by atoms with Gasteiger partial charge in [-0.3, -0.25) is 0 Å². The van der Waals surface area contributed by atoms with Gasteiger partial charge in [0.15, 0.2) is 6.10 Å². The Morgan fingerprint density at radius 2 is 2.00 bits per heavy atom. The van der Waals surface area contributed by atoms with Crippen molar-refractivity contribution in [3.8, 4) is 5.75 Å². The van der Waals surface area contributed by atoms with Crippen LogP contribution in [0, 0.1) is 0 Å². The highest BCUT2D eigenvalue weighted by molar-refractivity contribution is 5.77. The molecule has 1 aromatic heterocycles. The van der Waals surface area contributed by atoms with Crippen molar-refractivity contribution < 1.29 is 33.3 Å². The highest BCUT2D eigenvalue weighted by atomic mass is 16.7. The minimum Gasteiger partial charge on any atom is -0.461 e. The van der Waals surface area contributed by atoms with E-state index in [-0.39, 0.29) is 0 Å². The number of ether oxygens (including phenoxy) is 4. The van der Waals surface area contributed by atoms with E-state index in [4.69, 9.17) is 29.1 Å². The second-order valence-electron chi connectivity index (χ2n) is 6.71. The number of amides is 1. The van der Waals surface area contributed by atoms with Crippen LogP contribution in [0.5, 0.6) is 5.75 Å². The minimum atomic E-state index is -1.23. The molecule has 3 N–H and O–H groups in total. The third kappa shape index (κ3) is 3.90. The molecule has 1 aliphatic heterocycles. The predicted molar refractivity (Wildman–Crippen MR) is 93.3 cm³/mol. The van der Waals surface area contributed by atoms with E-state index in [0.29, 0.717) is 16.7 Å². The summed E-state index contributed by atoms with van der Waals surface area (Å²) in [7, 11) is 1.42. The molecule has 0 bridgehead atoms. The Morgan fingerprint density at radius 1 is 1.26 bits per heavy atom. The van der Waals surface area contributed by atoms with E-state index in [1.807, 2.05) is 0 Å². The van der Waals surface area contributed by atoms with Crippen molar-refractivity contribution in [3.63, 3.8) is 0 Å². The number of methoxy groups -OCH3 is 1. The van der Waals surface area contributed by atoms with Crippen LogP contribution < -0.4 is 16.1 Å². The van der Waals surface area contributed by atoms with Gasteiger partial charge < -0.3 is 34.2 Å². The molecule has 9 nitrogen and oxygen atoms in total. The maximum atomic E-state index is 11.3. The zero-order chi connectivity index (χ0) is 19.8. The number of hydrogen-bond donors (Lipinski definition) is 2. The van der Waals surface area contributed by atoms with Gasteiger partial charge in [-0.1, -0.05) is 0 Å². The lowest BCUT2D eigenvalue weighted by Gasteiger charge is -2.47. The number of primary amides is 1. The fourth-order valence-corrected chi connectivity index (χ4v) is 3.21. The highest BCUT2D eigenvalue weighted by Gasteiger charge is 2.52. The third-order valence-electron chi connectivity index (χ3n) is 4.37. The first-order valence-electron chi connectivity index (χ1n) is 8.26. The van der Waals surface area contributed by atoms with Gasteiger partial charge in [0.1, 0.15) is 23.5 Å². The van der Waals surface area contributed by atoms with Gasteiger partial charge in [-0.25, -0.2) is 9.59 Å². The summed E-state index contributed by atoms with van der Waals surface area (Å²) in [4.78, 5) is 22.5. The summed E-state index contributed by atoms with van der Waals surface area (Å²) in [5.41, 5.74) is 4.12. The molecule has 1 amide bonds. The smallest absolute Gasteiger partial charge is 0.405 e. The Labute approximate surface area is 154 Å². The average molecular weight is 379 g/mol. The van der Waals surface area contributed by atoms with Crippen LogP contribution in [0.2, 0.25) is 0 Å². The van der Waals surface area contributed by atoms with Crippen molar-refractivity contribution >= 4 is 17.1 Å². The molecule has 1 aromatic carbocycles. The van der Waals surface area contributed by atoms with Gasteiger partial charge in [-0.2, -0.15) is 0 Å². The lowest BCUT2D eigenvalue weighted by atomic mass is 9.89. The number of hydrogen-bond acceptors (Lipinski definition) is 8. The molecule has 2 aromatic rings. The van der Waals surface area contributed by atoms with Crippen molar-refractivity contribution in [3.05, 3.63) is 40.8 Å². The summed E-state index contributed by atoms with van der Waals surface area (Å²) < 4.78 is 27.1. The molecule has 4 atom stereocenters. The summed E-state index contributed by atoms with van der Waals surface area (Å²) in [5, 5.41) is 11.2. The molecule has 0 aliphatic carbocycles. The quantitative estimate of drug-likeness (QED) is 0.757. The Kier molecular flexibility index (Phi) is 5.09. The normalized spacial score (nSPS) is 27.3. The lowest BCUT2D eigenvalue weighted by molar-refractivity contribution is -0.304. The Balaban J connectivity index is 1.91. The number of fused-ring (bicyclic) bond motifs is 1. The largest absolute Gasteiger partial charge is 0.461 e. The number of aliphatic hydroxyl groups is 1. The van der Waals surface area contributed by atoms with Gasteiger partial charge in [0.05, 0.1) is 5.60 Å². The summed E-state index contributed by atoms with van der Waals surface area (Å²) in [6, 6.07) is 7.64. The lowest BCUT2D eigenvalue weighted by Crippen LogP contribution is -2.65. The van der Waals surface area contributed by atoms with E-state index in [2.05, 4.69) is 0 Å². The molecule has 0 spiro atoms. The van der Waals surface area contributed by atoms with Gasteiger partial charge >= 0.3 is 11.7 Å². The Morgan fingerprint density at radius 3 is 2.67 bits per heavy atom. The number of carbonyl (C=O) groups excluding carboxylic acids is 1. The topological polar surface area (TPSA) is 130 Å². The molecule has 3 rings (SSSR count). The second-order valence-corrected chi connectivity index (χ2v) is 6.71. The fraction of sp³-hybridized carbons (Fsp3) is 0.444. The first kappa shape index (κ1) is 19.2. The van der Waals surface area contributed by atoms with Crippen LogP contribution in [0.1, 0.15) is 13.8 Å². The summed E-state index contributed by atoms with van der Waals surface area (Å²) in [5.74, 6) is 0.360. The van der Waals surface area contributed by atoms with E-state index >= 15 is 0 Å². The first-order chi connectivity index (χ1) is 12.7. The molecule has 27 heavy (non-hydrogen) atoms. The molecule has 0 radical (unpaired) electrons. The summed E-state index contributed by atoms with van der Waals surface area (Å²) >= 11 is 0. The van der Waals surface area contributed by atoms with Crippen molar-refractivity contribution in [1.82, 2.24) is 0 Å². The zero-order valence-corrected chi connectivity index (χ0v) is 15.1. The minimum absolute atomic E-state index is 0.360. The number of benzene rings is 1. The number of rotatable bonds is 4. The SMILES string of the molecule is COC1[C@H](O)[C@H](OC(N)=O)C(Oc2ccc3oc(=O)ccc3c2)OC1(C)C. The Bertz CT molecular complexity index is 892. The van der Waals surface area contributed by atoms with Crippen molar-refractivity contribution in [1.29, 1.82) is 0 Å². The standard InChI is InChI=1S/C18H21NO8/c1-18(2)15(23-3)13(21)14(26-17(19)22)16(27-18)24-10-5-6-11-9(8-10)4-7-12(20)25-11/h4-8,13-16,21H,1-3H3,(H2,19,22)/t13-,14+,15?,16?/m1/s1. The van der Waals surface area contributed by atoms with Gasteiger partial charge in [-0.15, -0.1) is 0 Å². The van der Waals surface area contributed by atoms with Crippen LogP contribution in [-0.2, 0) is 14.2 Å². The maximum Gasteiger partial charge on any atom is 0.405 e. The first-order valence-corrected chi connectivity index (χ1v) is 8.26. The Hall–Kier alpha value is -2.62. The average Bonchev–Trinajstić information content (AvgIpc) is 2.58. The second kappa shape index (κ2) is 7.18. The number of carbonyl (C=O) groups is 1. The maximum absolute atomic E-state index is 11.3. The van der Waals surface area contributed by atoms with E-state index in [1.54, 1.807) is 38.1 Å². The summed E-state index contributed by atoms with van der Waals surface area (Å²) in [6.45, 7) is 3.44. The van der Waals surface area contributed by atoms with E-state index in [1.165, 1.54) is 13.2 Å².